The summed E-state index contributed by atoms with van der Waals surface area (Å²) in [6.07, 6.45) is 1.61. The average Bonchev–Trinajstić information content (AvgIpc) is 2.82. The third-order valence-electron chi connectivity index (χ3n) is 5.45. The first kappa shape index (κ1) is 27.7. The lowest BCUT2D eigenvalue weighted by Gasteiger charge is -2.28. The summed E-state index contributed by atoms with van der Waals surface area (Å²) in [7, 11) is 1.70. The lowest BCUT2D eigenvalue weighted by Crippen LogP contribution is -2.36. The van der Waals surface area contributed by atoms with E-state index >= 15 is 0 Å². The van der Waals surface area contributed by atoms with E-state index in [9.17, 15) is 4.79 Å². The van der Waals surface area contributed by atoms with Crippen molar-refractivity contribution in [3.63, 3.8) is 0 Å². The van der Waals surface area contributed by atoms with Crippen LogP contribution in [0.4, 0.5) is 5.82 Å². The standard InChI is InChI=1S/C29H37N3O3S/c1-21-8-12-23(13-9-21)25-18-26(31-20-30-25)32(16-17-34-7)19-22-10-14-24(15-11-22)36-29(5,6)27(33)35-28(2,3)4/h8-15,18,20H,16-17,19H2,1-7H3. The maximum absolute atomic E-state index is 12.6. The van der Waals surface area contributed by atoms with Crippen molar-refractivity contribution < 1.29 is 14.3 Å². The van der Waals surface area contributed by atoms with Crippen LogP contribution < -0.4 is 4.90 Å². The van der Waals surface area contributed by atoms with Crippen molar-refractivity contribution in [2.75, 3.05) is 25.2 Å². The summed E-state index contributed by atoms with van der Waals surface area (Å²) in [5.74, 6) is 0.630. The zero-order valence-electron chi connectivity index (χ0n) is 22.4. The van der Waals surface area contributed by atoms with E-state index in [4.69, 9.17) is 9.47 Å². The molecule has 6 nitrogen and oxygen atoms in total. The zero-order valence-corrected chi connectivity index (χ0v) is 23.2. The highest BCUT2D eigenvalue weighted by Crippen LogP contribution is 2.35. The Morgan fingerprint density at radius 2 is 1.64 bits per heavy atom. The molecule has 0 amide bonds. The van der Waals surface area contributed by atoms with Gasteiger partial charge >= 0.3 is 5.97 Å². The van der Waals surface area contributed by atoms with Crippen molar-refractivity contribution in [3.05, 3.63) is 72.1 Å². The van der Waals surface area contributed by atoms with Gasteiger partial charge in [0, 0.05) is 36.7 Å². The maximum Gasteiger partial charge on any atom is 0.322 e. The SMILES string of the molecule is COCCN(Cc1ccc(SC(C)(C)C(=O)OC(C)(C)C)cc1)c1cc(-c2ccc(C)cc2)ncn1. The van der Waals surface area contributed by atoms with Gasteiger partial charge in [-0.3, -0.25) is 4.79 Å². The summed E-state index contributed by atoms with van der Waals surface area (Å²) in [4.78, 5) is 24.9. The molecular weight excluding hydrogens is 470 g/mol. The van der Waals surface area contributed by atoms with Crippen molar-refractivity contribution in [1.29, 1.82) is 0 Å². The Morgan fingerprint density at radius 3 is 2.25 bits per heavy atom. The molecule has 2 aromatic carbocycles. The molecule has 0 bridgehead atoms. The summed E-state index contributed by atoms with van der Waals surface area (Å²) >= 11 is 1.50. The highest BCUT2D eigenvalue weighted by molar-refractivity contribution is 8.01. The highest BCUT2D eigenvalue weighted by Gasteiger charge is 2.33. The molecule has 0 aliphatic carbocycles. The van der Waals surface area contributed by atoms with Gasteiger partial charge in [-0.15, -0.1) is 11.8 Å². The van der Waals surface area contributed by atoms with Crippen LogP contribution in [0, 0.1) is 6.92 Å². The molecular formula is C29H37N3O3S. The van der Waals surface area contributed by atoms with E-state index in [0.717, 1.165) is 27.5 Å². The number of benzene rings is 2. The summed E-state index contributed by atoms with van der Waals surface area (Å²) in [6.45, 7) is 13.5. The fourth-order valence-electron chi connectivity index (χ4n) is 3.50. The first-order valence-electron chi connectivity index (χ1n) is 12.1. The Labute approximate surface area is 219 Å². The Hall–Kier alpha value is -2.90. The van der Waals surface area contributed by atoms with Crippen LogP contribution >= 0.6 is 11.8 Å². The van der Waals surface area contributed by atoms with Crippen molar-refractivity contribution in [2.45, 2.75) is 63.3 Å². The van der Waals surface area contributed by atoms with Gasteiger partial charge in [-0.25, -0.2) is 9.97 Å². The van der Waals surface area contributed by atoms with Crippen LogP contribution in [0.25, 0.3) is 11.3 Å². The lowest BCUT2D eigenvalue weighted by atomic mass is 10.1. The van der Waals surface area contributed by atoms with E-state index in [1.165, 1.54) is 17.3 Å². The Kier molecular flexibility index (Phi) is 9.14. The summed E-state index contributed by atoms with van der Waals surface area (Å²) < 4.78 is 10.3. The minimum absolute atomic E-state index is 0.219. The normalized spacial score (nSPS) is 11.9. The van der Waals surface area contributed by atoms with Crippen LogP contribution in [0.1, 0.15) is 45.7 Å². The number of rotatable bonds is 10. The molecule has 0 N–H and O–H groups in total. The molecule has 0 aliphatic rings. The maximum atomic E-state index is 12.6. The van der Waals surface area contributed by atoms with Crippen LogP contribution in [0.3, 0.4) is 0 Å². The fraction of sp³-hybridized carbons (Fsp3) is 0.414. The summed E-state index contributed by atoms with van der Waals surface area (Å²) in [5.41, 5.74) is 3.79. The second-order valence-corrected chi connectivity index (χ2v) is 12.0. The predicted octanol–water partition coefficient (Wildman–Crippen LogP) is 6.32. The van der Waals surface area contributed by atoms with Gasteiger partial charge in [0.05, 0.1) is 12.3 Å². The summed E-state index contributed by atoms with van der Waals surface area (Å²) in [6, 6.07) is 18.6. The molecule has 1 aromatic heterocycles. The number of thioether (sulfide) groups is 1. The number of esters is 1. The van der Waals surface area contributed by atoms with Gasteiger partial charge in [0.2, 0.25) is 0 Å². The fourth-order valence-corrected chi connectivity index (χ4v) is 4.49. The molecule has 1 heterocycles. The monoisotopic (exact) mass is 507 g/mol. The van der Waals surface area contributed by atoms with E-state index in [-0.39, 0.29) is 5.97 Å². The molecule has 3 rings (SSSR count). The zero-order chi connectivity index (χ0) is 26.3. The van der Waals surface area contributed by atoms with Crippen molar-refractivity contribution in [2.24, 2.45) is 0 Å². The van der Waals surface area contributed by atoms with E-state index < -0.39 is 10.3 Å². The quantitative estimate of drug-likeness (QED) is 0.235. The van der Waals surface area contributed by atoms with E-state index in [1.54, 1.807) is 13.4 Å². The number of carbonyl (C=O) groups excluding carboxylic acids is 1. The Balaban J connectivity index is 1.74. The number of hydrogen-bond acceptors (Lipinski definition) is 7. The van der Waals surface area contributed by atoms with E-state index in [2.05, 4.69) is 70.3 Å². The second-order valence-electron chi connectivity index (χ2n) is 10.3. The molecule has 192 valence electrons. The van der Waals surface area contributed by atoms with Crippen molar-refractivity contribution in [1.82, 2.24) is 9.97 Å². The largest absolute Gasteiger partial charge is 0.459 e. The molecule has 0 atom stereocenters. The Bertz CT molecular complexity index is 1140. The van der Waals surface area contributed by atoms with Gasteiger partial charge in [-0.05, 0) is 59.2 Å². The molecule has 0 saturated carbocycles. The highest BCUT2D eigenvalue weighted by atomic mass is 32.2. The number of hydrogen-bond donors (Lipinski definition) is 0. The first-order chi connectivity index (χ1) is 17.0. The third kappa shape index (κ3) is 8.07. The molecule has 0 radical (unpaired) electrons. The molecule has 7 heteroatoms. The lowest BCUT2D eigenvalue weighted by molar-refractivity contribution is -0.156. The molecule has 0 fully saturated rings. The van der Waals surface area contributed by atoms with Crippen LogP contribution in [0.5, 0.6) is 0 Å². The molecule has 0 saturated heterocycles. The number of anilines is 1. The van der Waals surface area contributed by atoms with Gasteiger partial charge < -0.3 is 14.4 Å². The van der Waals surface area contributed by atoms with Crippen LogP contribution in [-0.4, -0.2) is 46.5 Å². The first-order valence-corrected chi connectivity index (χ1v) is 12.9. The molecule has 36 heavy (non-hydrogen) atoms. The van der Waals surface area contributed by atoms with Crippen LogP contribution in [0.2, 0.25) is 0 Å². The van der Waals surface area contributed by atoms with Crippen LogP contribution in [0.15, 0.2) is 65.8 Å². The van der Waals surface area contributed by atoms with E-state index in [1.807, 2.05) is 40.7 Å². The van der Waals surface area contributed by atoms with Crippen LogP contribution in [-0.2, 0) is 20.8 Å². The third-order valence-corrected chi connectivity index (χ3v) is 6.63. The summed E-state index contributed by atoms with van der Waals surface area (Å²) in [5, 5.41) is 0. The van der Waals surface area contributed by atoms with Crippen molar-refractivity contribution >= 4 is 23.5 Å². The number of nitrogens with zero attached hydrogens (tertiary/aromatic N) is 3. The minimum Gasteiger partial charge on any atom is -0.459 e. The van der Waals surface area contributed by atoms with Gasteiger partial charge in [0.15, 0.2) is 0 Å². The Morgan fingerprint density at radius 1 is 0.972 bits per heavy atom. The smallest absolute Gasteiger partial charge is 0.322 e. The topological polar surface area (TPSA) is 64.5 Å². The van der Waals surface area contributed by atoms with Gasteiger partial charge in [-0.2, -0.15) is 0 Å². The number of ether oxygens (including phenoxy) is 2. The molecule has 3 aromatic rings. The minimum atomic E-state index is -0.688. The average molecular weight is 508 g/mol. The van der Waals surface area contributed by atoms with Gasteiger partial charge in [-0.1, -0.05) is 42.0 Å². The molecule has 0 unspecified atom stereocenters. The second kappa shape index (κ2) is 11.9. The molecule has 0 aliphatic heterocycles. The number of methoxy groups -OCH3 is 1. The van der Waals surface area contributed by atoms with Crippen molar-refractivity contribution in [3.8, 4) is 11.3 Å². The predicted molar refractivity (Wildman–Crippen MR) is 147 cm³/mol. The van der Waals surface area contributed by atoms with E-state index in [0.29, 0.717) is 19.7 Å². The van der Waals surface area contributed by atoms with Gasteiger partial charge in [0.25, 0.3) is 0 Å². The number of aryl methyl sites for hydroxylation is 1. The molecule has 0 spiro atoms. The number of carbonyl (C=O) groups is 1. The van der Waals surface area contributed by atoms with Gasteiger partial charge in [0.1, 0.15) is 22.5 Å². The number of aromatic nitrogens is 2.